The molecule has 0 spiro atoms. The lowest BCUT2D eigenvalue weighted by Crippen LogP contribution is -2.12. The van der Waals surface area contributed by atoms with Gasteiger partial charge in [-0.25, -0.2) is 4.79 Å². The molecule has 0 fully saturated rings. The molecular weight excluding hydrogens is 292 g/mol. The molecule has 9 nitrogen and oxygen atoms in total. The Morgan fingerprint density at radius 3 is 2.50 bits per heavy atom. The number of hydrogen-bond acceptors (Lipinski definition) is 7. The van der Waals surface area contributed by atoms with Gasteiger partial charge in [0, 0.05) is 12.5 Å². The minimum Gasteiger partial charge on any atom is -0.791 e. The van der Waals surface area contributed by atoms with Crippen LogP contribution in [0.5, 0.6) is 0 Å². The maximum atomic E-state index is 10.8. The molecule has 1 aromatic heterocycles. The lowest BCUT2D eigenvalue weighted by atomic mass is 10.2. The number of carboxylic acid groups (broad SMARTS) is 2. The van der Waals surface area contributed by atoms with Crippen molar-refractivity contribution in [3.63, 3.8) is 0 Å². The van der Waals surface area contributed by atoms with Gasteiger partial charge < -0.3 is 20.6 Å². The summed E-state index contributed by atoms with van der Waals surface area (Å²) in [7, 11) is 0. The molecular formula is C10H9N2O7S-. The zero-order valence-corrected chi connectivity index (χ0v) is 10.8. The van der Waals surface area contributed by atoms with Crippen LogP contribution in [0.1, 0.15) is 22.6 Å². The molecule has 0 aliphatic heterocycles. The van der Waals surface area contributed by atoms with Gasteiger partial charge in [-0.15, -0.1) is 11.3 Å². The van der Waals surface area contributed by atoms with Crippen molar-refractivity contribution in [1.29, 1.82) is 0 Å². The first-order valence-corrected chi connectivity index (χ1v) is 6.11. The molecule has 0 radical (unpaired) electrons. The molecule has 1 heterocycles. The second-order valence-electron chi connectivity index (χ2n) is 3.67. The third kappa shape index (κ3) is 3.75. The zero-order chi connectivity index (χ0) is 15.3. The van der Waals surface area contributed by atoms with Gasteiger partial charge in [-0.2, -0.15) is 0 Å². The first-order chi connectivity index (χ1) is 9.36. The van der Waals surface area contributed by atoms with E-state index in [0.29, 0.717) is 0 Å². The number of carbonyl (C=O) groups is 2. The molecule has 1 aromatic rings. The third-order valence-corrected chi connectivity index (χ3v) is 3.50. The Balaban J connectivity index is 3.04. The lowest BCUT2D eigenvalue weighted by molar-refractivity contribution is -0.385. The molecule has 0 saturated heterocycles. The fourth-order valence-corrected chi connectivity index (χ4v) is 2.60. The average molecular weight is 301 g/mol. The molecule has 0 unspecified atom stereocenters. The molecule has 0 aliphatic carbocycles. The maximum absolute atomic E-state index is 10.8. The predicted molar refractivity (Wildman–Crippen MR) is 69.1 cm³/mol. The van der Waals surface area contributed by atoms with E-state index in [1.54, 1.807) is 0 Å². The molecule has 0 aromatic carbocycles. The van der Waals surface area contributed by atoms with Crippen LogP contribution >= 0.6 is 11.3 Å². The van der Waals surface area contributed by atoms with Crippen molar-refractivity contribution in [2.24, 2.45) is 5.16 Å². The van der Waals surface area contributed by atoms with Gasteiger partial charge >= 0.3 is 11.9 Å². The molecule has 0 amide bonds. The largest absolute Gasteiger partial charge is 0.791 e. The van der Waals surface area contributed by atoms with Crippen molar-refractivity contribution in [1.82, 2.24) is 0 Å². The summed E-state index contributed by atoms with van der Waals surface area (Å²) in [5.74, 6) is -2.61. The SMILES string of the molecule is O=C(O)CCCc1sc(/C(=N/[O-])C(=O)O)cc1[N+](=O)[O-]. The van der Waals surface area contributed by atoms with Crippen LogP contribution in [0.15, 0.2) is 11.2 Å². The van der Waals surface area contributed by atoms with Gasteiger partial charge in [-0.3, -0.25) is 14.9 Å². The maximum Gasteiger partial charge on any atom is 0.355 e. The second-order valence-corrected chi connectivity index (χ2v) is 4.81. The molecule has 1 rings (SSSR count). The van der Waals surface area contributed by atoms with E-state index in [2.05, 4.69) is 5.16 Å². The monoisotopic (exact) mass is 301 g/mol. The molecule has 20 heavy (non-hydrogen) atoms. The highest BCUT2D eigenvalue weighted by Crippen LogP contribution is 2.31. The van der Waals surface area contributed by atoms with Crippen molar-refractivity contribution in [3.8, 4) is 0 Å². The zero-order valence-electron chi connectivity index (χ0n) is 9.94. The Bertz CT molecular complexity index is 578. The Hall–Kier alpha value is -2.49. The van der Waals surface area contributed by atoms with E-state index in [1.165, 1.54) is 0 Å². The fourth-order valence-electron chi connectivity index (χ4n) is 1.46. The Labute approximate surface area is 115 Å². The molecule has 0 atom stereocenters. The molecule has 0 aliphatic rings. The number of hydrogen-bond donors (Lipinski definition) is 2. The van der Waals surface area contributed by atoms with Crippen molar-refractivity contribution in [2.75, 3.05) is 0 Å². The van der Waals surface area contributed by atoms with Crippen molar-refractivity contribution in [2.45, 2.75) is 19.3 Å². The van der Waals surface area contributed by atoms with Crippen LogP contribution in [0.2, 0.25) is 0 Å². The first-order valence-electron chi connectivity index (χ1n) is 5.29. The molecule has 108 valence electrons. The summed E-state index contributed by atoms with van der Waals surface area (Å²) in [6, 6.07) is 0.964. The number of aliphatic carboxylic acids is 2. The van der Waals surface area contributed by atoms with Crippen LogP contribution in [-0.4, -0.2) is 32.8 Å². The number of nitro groups is 1. The van der Waals surface area contributed by atoms with E-state index in [4.69, 9.17) is 10.2 Å². The van der Waals surface area contributed by atoms with E-state index >= 15 is 0 Å². The van der Waals surface area contributed by atoms with Gasteiger partial charge in [0.1, 0.15) is 0 Å². The summed E-state index contributed by atoms with van der Waals surface area (Å²) in [5, 5.41) is 40.9. The lowest BCUT2D eigenvalue weighted by Gasteiger charge is -1.99. The summed E-state index contributed by atoms with van der Waals surface area (Å²) in [4.78, 5) is 31.4. The summed E-state index contributed by atoms with van der Waals surface area (Å²) in [5.41, 5.74) is -1.14. The van der Waals surface area contributed by atoms with E-state index in [-0.39, 0.29) is 34.7 Å². The van der Waals surface area contributed by atoms with Crippen LogP contribution < -0.4 is 0 Å². The van der Waals surface area contributed by atoms with Gasteiger partial charge in [0.25, 0.3) is 5.69 Å². The van der Waals surface area contributed by atoms with Crippen molar-refractivity contribution >= 4 is 34.7 Å². The van der Waals surface area contributed by atoms with Gasteiger partial charge in [0.2, 0.25) is 0 Å². The molecule has 2 N–H and O–H groups in total. The highest BCUT2D eigenvalue weighted by atomic mass is 32.1. The minimum atomic E-state index is -1.58. The number of nitrogens with zero attached hydrogens (tertiary/aromatic N) is 2. The van der Waals surface area contributed by atoms with Crippen LogP contribution in [0.3, 0.4) is 0 Å². The molecule has 10 heteroatoms. The number of thiophene rings is 1. The standard InChI is InChI=1S/C10H10N2O7S/c13-8(14)3-1-2-6-5(12(18)19)4-7(20-6)9(11-17)10(15)16/h4,17H,1-3H2,(H,13,14)(H,15,16)/p-1/b11-9-. The fraction of sp³-hybridized carbons (Fsp3) is 0.300. The van der Waals surface area contributed by atoms with E-state index in [0.717, 1.165) is 17.4 Å². The summed E-state index contributed by atoms with van der Waals surface area (Å²) >= 11 is 0.754. The first kappa shape index (κ1) is 15.6. The summed E-state index contributed by atoms with van der Waals surface area (Å²) in [6.07, 6.45) is 0.123. The predicted octanol–water partition coefficient (Wildman–Crippen LogP) is 1.44. The highest BCUT2D eigenvalue weighted by Gasteiger charge is 2.23. The van der Waals surface area contributed by atoms with Crippen LogP contribution in [0.4, 0.5) is 5.69 Å². The van der Waals surface area contributed by atoms with Crippen molar-refractivity contribution < 1.29 is 24.7 Å². The van der Waals surface area contributed by atoms with Gasteiger partial charge in [0.15, 0.2) is 5.71 Å². The second kappa shape index (κ2) is 6.61. The molecule has 0 bridgehead atoms. The van der Waals surface area contributed by atoms with Crippen LogP contribution in [0, 0.1) is 15.3 Å². The highest BCUT2D eigenvalue weighted by molar-refractivity contribution is 7.15. The van der Waals surface area contributed by atoms with E-state index < -0.39 is 22.6 Å². The number of aryl methyl sites for hydroxylation is 1. The van der Waals surface area contributed by atoms with Crippen LogP contribution in [0.25, 0.3) is 0 Å². The normalized spacial score (nSPS) is 11.3. The molecule has 0 saturated carbocycles. The van der Waals surface area contributed by atoms with Gasteiger partial charge in [-0.1, -0.05) is 0 Å². The van der Waals surface area contributed by atoms with Crippen molar-refractivity contribution in [3.05, 3.63) is 31.1 Å². The Morgan fingerprint density at radius 2 is 2.05 bits per heavy atom. The number of rotatable bonds is 7. The number of carboxylic acids is 2. The average Bonchev–Trinajstić information content (AvgIpc) is 2.73. The Kier molecular flexibility index (Phi) is 5.15. The minimum absolute atomic E-state index is 0.110. The Morgan fingerprint density at radius 1 is 1.40 bits per heavy atom. The van der Waals surface area contributed by atoms with Crippen LogP contribution in [-0.2, 0) is 16.0 Å². The van der Waals surface area contributed by atoms with E-state index in [1.807, 2.05) is 0 Å². The quantitative estimate of drug-likeness (QED) is 0.438. The van der Waals surface area contributed by atoms with Gasteiger partial charge in [0.05, 0.1) is 14.7 Å². The van der Waals surface area contributed by atoms with Gasteiger partial charge in [-0.05, 0) is 12.8 Å². The summed E-state index contributed by atoms with van der Waals surface area (Å²) in [6.45, 7) is 0. The third-order valence-electron chi connectivity index (χ3n) is 2.31. The van der Waals surface area contributed by atoms with E-state index in [9.17, 15) is 24.9 Å². The topological polar surface area (TPSA) is 153 Å². The summed E-state index contributed by atoms with van der Waals surface area (Å²) < 4.78 is 0. The smallest absolute Gasteiger partial charge is 0.355 e.